The molecule has 70 valence electrons. The Morgan fingerprint density at radius 3 is 3.29 bits per heavy atom. The van der Waals surface area contributed by atoms with Gasteiger partial charge in [-0.25, -0.2) is 4.98 Å². The molecule has 2 rings (SSSR count). The molecule has 0 aromatic carbocycles. The lowest BCUT2D eigenvalue weighted by Gasteiger charge is -2.16. The van der Waals surface area contributed by atoms with Gasteiger partial charge in [-0.1, -0.05) is 0 Å². The van der Waals surface area contributed by atoms with Gasteiger partial charge in [-0.05, 0) is 24.4 Å². The van der Waals surface area contributed by atoms with Crippen LogP contribution >= 0.6 is 12.2 Å². The lowest BCUT2D eigenvalue weighted by molar-refractivity contribution is -0.118. The monoisotopic (exact) mass is 207 g/mol. The molecule has 1 aliphatic rings. The van der Waals surface area contributed by atoms with Crippen LogP contribution in [0.1, 0.15) is 0 Å². The summed E-state index contributed by atoms with van der Waals surface area (Å²) in [5, 5.41) is 4.76. The second kappa shape index (κ2) is 3.53. The highest BCUT2D eigenvalue weighted by molar-refractivity contribution is 7.78. The number of amides is 1. The zero-order valence-corrected chi connectivity index (χ0v) is 7.80. The number of carbonyl (C=O) groups excluding carboxylic acids is 1. The number of nitrogens with one attached hydrogen (secondary N) is 1. The summed E-state index contributed by atoms with van der Waals surface area (Å²) in [4.78, 5) is 18.6. The van der Waals surface area contributed by atoms with Crippen LogP contribution < -0.4 is 10.1 Å². The van der Waals surface area contributed by atoms with Crippen LogP contribution in [0.2, 0.25) is 0 Å². The second-order valence-corrected chi connectivity index (χ2v) is 2.74. The Balaban J connectivity index is 2.42. The van der Waals surface area contributed by atoms with Gasteiger partial charge in [0.05, 0.1) is 5.16 Å². The highest BCUT2D eigenvalue weighted by atomic mass is 32.1. The van der Waals surface area contributed by atoms with E-state index in [1.807, 2.05) is 0 Å². The molecule has 0 unspecified atom stereocenters. The van der Waals surface area contributed by atoms with Gasteiger partial charge in [0.25, 0.3) is 5.91 Å². The number of ether oxygens (including phenoxy) is 1. The molecule has 0 saturated carbocycles. The van der Waals surface area contributed by atoms with Gasteiger partial charge in [0.2, 0.25) is 0 Å². The summed E-state index contributed by atoms with van der Waals surface area (Å²) < 4.78 is 5.11. The summed E-state index contributed by atoms with van der Waals surface area (Å²) in [7, 11) is 0. The van der Waals surface area contributed by atoms with E-state index in [1.165, 1.54) is 0 Å². The lowest BCUT2D eigenvalue weighted by atomic mass is 10.3. The Kier molecular flexibility index (Phi) is 2.22. The number of isothiocyanates is 1. The van der Waals surface area contributed by atoms with E-state index in [0.29, 0.717) is 17.4 Å². The molecule has 0 fully saturated rings. The van der Waals surface area contributed by atoms with Gasteiger partial charge in [0.1, 0.15) is 0 Å². The highest BCUT2D eigenvalue weighted by Gasteiger charge is 2.16. The largest absolute Gasteiger partial charge is 0.480 e. The lowest BCUT2D eigenvalue weighted by Crippen LogP contribution is -2.25. The van der Waals surface area contributed by atoms with E-state index < -0.39 is 0 Å². The minimum Gasteiger partial charge on any atom is -0.480 e. The molecule has 0 saturated heterocycles. The number of hydrogen-bond donors (Lipinski definition) is 1. The molecule has 2 heterocycles. The summed E-state index contributed by atoms with van der Waals surface area (Å²) in [5.41, 5.74) is 0. The first-order valence-electron chi connectivity index (χ1n) is 3.81. The maximum Gasteiger partial charge on any atom is 0.263 e. The van der Waals surface area contributed by atoms with Crippen LogP contribution in [-0.2, 0) is 4.79 Å². The topological polar surface area (TPSA) is 63.6 Å². The fourth-order valence-electron chi connectivity index (χ4n) is 1.06. The number of rotatable bonds is 1. The second-order valence-electron chi connectivity index (χ2n) is 2.56. The van der Waals surface area contributed by atoms with Crippen LogP contribution in [0.3, 0.4) is 0 Å². The van der Waals surface area contributed by atoms with Crippen LogP contribution in [0.25, 0.3) is 0 Å². The maximum absolute atomic E-state index is 11.0. The molecule has 0 spiro atoms. The predicted octanol–water partition coefficient (Wildman–Crippen LogP) is 1.15. The fraction of sp³-hybridized carbons (Fsp3) is 0.125. The first-order chi connectivity index (χ1) is 6.79. The van der Waals surface area contributed by atoms with E-state index >= 15 is 0 Å². The van der Waals surface area contributed by atoms with Crippen molar-refractivity contribution in [2.24, 2.45) is 4.99 Å². The average Bonchev–Trinajstić information content (AvgIpc) is 2.17. The van der Waals surface area contributed by atoms with E-state index in [4.69, 9.17) is 4.74 Å². The van der Waals surface area contributed by atoms with E-state index in [9.17, 15) is 4.79 Å². The third kappa shape index (κ3) is 1.61. The summed E-state index contributed by atoms with van der Waals surface area (Å²) in [6.07, 6.45) is 0. The fourth-order valence-corrected chi connectivity index (χ4v) is 1.16. The molecule has 0 aliphatic carbocycles. The number of nitrogens with zero attached hydrogens (tertiary/aromatic N) is 2. The van der Waals surface area contributed by atoms with E-state index in [0.717, 1.165) is 0 Å². The van der Waals surface area contributed by atoms with Gasteiger partial charge in [-0.2, -0.15) is 4.99 Å². The molecule has 1 amide bonds. The molecule has 0 atom stereocenters. The Bertz CT molecular complexity index is 440. The van der Waals surface area contributed by atoms with Gasteiger partial charge in [0, 0.05) is 0 Å². The highest BCUT2D eigenvalue weighted by Crippen LogP contribution is 2.27. The molecule has 0 bridgehead atoms. The van der Waals surface area contributed by atoms with Gasteiger partial charge < -0.3 is 10.1 Å². The first-order valence-corrected chi connectivity index (χ1v) is 4.22. The van der Waals surface area contributed by atoms with Crippen LogP contribution in [-0.4, -0.2) is 22.7 Å². The molecule has 14 heavy (non-hydrogen) atoms. The molecule has 0 radical (unpaired) electrons. The zero-order valence-electron chi connectivity index (χ0n) is 6.98. The predicted molar refractivity (Wildman–Crippen MR) is 53.0 cm³/mol. The Hall–Kier alpha value is -1.78. The molecular formula is C8H5N3O2S. The quantitative estimate of drug-likeness (QED) is 0.554. The first kappa shape index (κ1) is 8.80. The van der Waals surface area contributed by atoms with Gasteiger partial charge >= 0.3 is 0 Å². The Labute approximate surface area is 84.8 Å². The van der Waals surface area contributed by atoms with Crippen molar-refractivity contribution < 1.29 is 9.53 Å². The minimum atomic E-state index is -0.228. The number of aliphatic imine (C=N–C) groups is 1. The van der Waals surface area contributed by atoms with Crippen molar-refractivity contribution in [1.82, 2.24) is 4.98 Å². The number of carbonyl (C=O) groups is 1. The van der Waals surface area contributed by atoms with Gasteiger partial charge in [0.15, 0.2) is 24.0 Å². The molecule has 1 aromatic heterocycles. The van der Waals surface area contributed by atoms with Crippen molar-refractivity contribution in [2.45, 2.75) is 0 Å². The molecule has 1 N–H and O–H groups in total. The van der Waals surface area contributed by atoms with Crippen molar-refractivity contribution in [2.75, 3.05) is 11.9 Å². The molecular weight excluding hydrogens is 202 g/mol. The summed E-state index contributed by atoms with van der Waals surface area (Å²) in [5.74, 6) is 1.07. The number of thiocarbonyl (C=S) groups is 1. The van der Waals surface area contributed by atoms with Gasteiger partial charge in [-0.15, -0.1) is 0 Å². The van der Waals surface area contributed by atoms with Gasteiger partial charge in [-0.3, -0.25) is 4.79 Å². The van der Waals surface area contributed by atoms with Crippen LogP contribution in [0.4, 0.5) is 11.6 Å². The van der Waals surface area contributed by atoms with Crippen molar-refractivity contribution in [3.05, 3.63) is 12.1 Å². The van der Waals surface area contributed by atoms with E-state index in [-0.39, 0.29) is 12.5 Å². The Morgan fingerprint density at radius 1 is 1.64 bits per heavy atom. The van der Waals surface area contributed by atoms with Crippen LogP contribution in [0.5, 0.6) is 5.75 Å². The van der Waals surface area contributed by atoms with Crippen LogP contribution in [0.15, 0.2) is 17.1 Å². The molecule has 5 nitrogen and oxygen atoms in total. The molecule has 6 heteroatoms. The normalized spacial score (nSPS) is 13.3. The van der Waals surface area contributed by atoms with Crippen LogP contribution in [0, 0.1) is 0 Å². The maximum atomic E-state index is 11.0. The number of aromatic nitrogens is 1. The molecule has 1 aliphatic heterocycles. The summed E-state index contributed by atoms with van der Waals surface area (Å²) in [6.45, 7) is 0.0183. The van der Waals surface area contributed by atoms with E-state index in [1.54, 1.807) is 12.1 Å². The van der Waals surface area contributed by atoms with Crippen molar-refractivity contribution in [3.63, 3.8) is 0 Å². The SMILES string of the molecule is O=C1COc2ccc(N=C=S)nc2N1. The zero-order chi connectivity index (χ0) is 9.97. The third-order valence-corrected chi connectivity index (χ3v) is 1.71. The molecule has 1 aromatic rings. The van der Waals surface area contributed by atoms with Crippen molar-refractivity contribution in [1.29, 1.82) is 0 Å². The number of fused-ring (bicyclic) bond motifs is 1. The third-order valence-electron chi connectivity index (χ3n) is 1.62. The number of anilines is 1. The number of hydrogen-bond acceptors (Lipinski definition) is 5. The smallest absolute Gasteiger partial charge is 0.263 e. The number of pyridine rings is 1. The van der Waals surface area contributed by atoms with Crippen molar-refractivity contribution >= 4 is 34.9 Å². The minimum absolute atomic E-state index is 0.0183. The summed E-state index contributed by atoms with van der Waals surface area (Å²) in [6, 6.07) is 3.31. The standard InChI is InChI=1S/C8H5N3O2S/c12-7-3-13-5-1-2-6(9-4-14)10-8(5)11-7/h1-2H,3H2,(H,10,11,12). The summed E-state index contributed by atoms with van der Waals surface area (Å²) >= 11 is 4.44. The van der Waals surface area contributed by atoms with Crippen molar-refractivity contribution in [3.8, 4) is 5.75 Å². The Morgan fingerprint density at radius 2 is 2.50 bits per heavy atom. The van der Waals surface area contributed by atoms with E-state index in [2.05, 4.69) is 32.7 Å². The average molecular weight is 207 g/mol.